The average Bonchev–Trinajstić information content (AvgIpc) is 2.26. The smallest absolute Gasteiger partial charge is 0.411 e. The summed E-state index contributed by atoms with van der Waals surface area (Å²) in [6.45, 7) is -1.27. The Bertz CT molecular complexity index is 382. The molecule has 0 saturated carbocycles. The second-order valence-electron chi connectivity index (χ2n) is 3.55. The summed E-state index contributed by atoms with van der Waals surface area (Å²) in [6.07, 6.45) is -4.07. The standard InChI is InChI=1S/C11H13F4NO2/c12-8-2-3-9(16)10(6-8)18-5-1-4-17-7-11(13,14)15/h2-3,6H,1,4-5,7,16H2. The lowest BCUT2D eigenvalue weighted by molar-refractivity contribution is -0.174. The molecule has 1 aromatic rings. The second kappa shape index (κ2) is 6.44. The maximum atomic E-state index is 12.8. The summed E-state index contributed by atoms with van der Waals surface area (Å²) in [5.41, 5.74) is 5.79. The van der Waals surface area contributed by atoms with Crippen molar-refractivity contribution in [3.63, 3.8) is 0 Å². The number of nitrogens with two attached hydrogens (primary N) is 1. The maximum absolute atomic E-state index is 12.8. The van der Waals surface area contributed by atoms with Crippen LogP contribution >= 0.6 is 0 Å². The number of alkyl halides is 3. The van der Waals surface area contributed by atoms with Gasteiger partial charge >= 0.3 is 6.18 Å². The SMILES string of the molecule is Nc1ccc(F)cc1OCCCOCC(F)(F)F. The van der Waals surface area contributed by atoms with E-state index >= 15 is 0 Å². The third-order valence-corrected chi connectivity index (χ3v) is 1.93. The monoisotopic (exact) mass is 267 g/mol. The van der Waals surface area contributed by atoms with Gasteiger partial charge in [-0.15, -0.1) is 0 Å². The average molecular weight is 267 g/mol. The van der Waals surface area contributed by atoms with Crippen molar-refractivity contribution in [1.29, 1.82) is 0 Å². The third kappa shape index (κ3) is 5.72. The van der Waals surface area contributed by atoms with Crippen LogP contribution < -0.4 is 10.5 Å². The number of rotatable bonds is 6. The predicted octanol–water partition coefficient (Wildman–Crippen LogP) is 2.76. The van der Waals surface area contributed by atoms with E-state index in [-0.39, 0.29) is 31.1 Å². The Morgan fingerprint density at radius 1 is 1.17 bits per heavy atom. The Morgan fingerprint density at radius 2 is 1.89 bits per heavy atom. The summed E-state index contributed by atoms with van der Waals surface area (Å²) >= 11 is 0. The van der Waals surface area contributed by atoms with Gasteiger partial charge in [-0.2, -0.15) is 13.2 Å². The summed E-state index contributed by atoms with van der Waals surface area (Å²) < 4.78 is 57.5. The fourth-order valence-corrected chi connectivity index (χ4v) is 1.16. The Balaban J connectivity index is 2.20. The van der Waals surface area contributed by atoms with E-state index in [2.05, 4.69) is 4.74 Å². The van der Waals surface area contributed by atoms with Gasteiger partial charge in [-0.05, 0) is 12.1 Å². The van der Waals surface area contributed by atoms with Crippen LogP contribution in [0.25, 0.3) is 0 Å². The molecule has 18 heavy (non-hydrogen) atoms. The Hall–Kier alpha value is -1.50. The number of anilines is 1. The topological polar surface area (TPSA) is 44.5 Å². The van der Waals surface area contributed by atoms with Crippen LogP contribution in [0.15, 0.2) is 18.2 Å². The lowest BCUT2D eigenvalue weighted by Gasteiger charge is -2.10. The first-order valence-electron chi connectivity index (χ1n) is 5.21. The van der Waals surface area contributed by atoms with Gasteiger partial charge in [0, 0.05) is 12.5 Å². The highest BCUT2D eigenvalue weighted by Gasteiger charge is 2.27. The van der Waals surface area contributed by atoms with Crippen LogP contribution in [-0.4, -0.2) is 26.0 Å². The molecule has 0 unspecified atom stereocenters. The molecule has 0 bridgehead atoms. The quantitative estimate of drug-likeness (QED) is 0.489. The van der Waals surface area contributed by atoms with Gasteiger partial charge in [0.25, 0.3) is 0 Å². The van der Waals surface area contributed by atoms with Gasteiger partial charge in [0.15, 0.2) is 0 Å². The molecule has 0 fully saturated rings. The molecule has 102 valence electrons. The van der Waals surface area contributed by atoms with Gasteiger partial charge in [0.2, 0.25) is 0 Å². The van der Waals surface area contributed by atoms with Gasteiger partial charge in [0.05, 0.1) is 18.9 Å². The minimum absolute atomic E-state index is 0.0886. The minimum atomic E-state index is -4.33. The molecule has 0 saturated heterocycles. The largest absolute Gasteiger partial charge is 0.491 e. The number of nitrogen functional groups attached to an aromatic ring is 1. The minimum Gasteiger partial charge on any atom is -0.491 e. The van der Waals surface area contributed by atoms with Crippen LogP contribution in [0.4, 0.5) is 23.2 Å². The highest BCUT2D eigenvalue weighted by Crippen LogP contribution is 2.22. The van der Waals surface area contributed by atoms with E-state index in [0.717, 1.165) is 6.07 Å². The van der Waals surface area contributed by atoms with E-state index in [1.165, 1.54) is 12.1 Å². The van der Waals surface area contributed by atoms with Crippen LogP contribution in [0.3, 0.4) is 0 Å². The Morgan fingerprint density at radius 3 is 2.56 bits per heavy atom. The number of benzene rings is 1. The fourth-order valence-electron chi connectivity index (χ4n) is 1.16. The van der Waals surface area contributed by atoms with Crippen molar-refractivity contribution in [3.05, 3.63) is 24.0 Å². The predicted molar refractivity (Wildman–Crippen MR) is 57.8 cm³/mol. The molecule has 0 spiro atoms. The van der Waals surface area contributed by atoms with E-state index in [1.807, 2.05) is 0 Å². The van der Waals surface area contributed by atoms with Gasteiger partial charge in [0.1, 0.15) is 18.2 Å². The molecule has 0 amide bonds. The van der Waals surface area contributed by atoms with E-state index in [0.29, 0.717) is 0 Å². The maximum Gasteiger partial charge on any atom is 0.411 e. The lowest BCUT2D eigenvalue weighted by atomic mass is 10.3. The van der Waals surface area contributed by atoms with Crippen LogP contribution in [0.5, 0.6) is 5.75 Å². The van der Waals surface area contributed by atoms with E-state index in [4.69, 9.17) is 10.5 Å². The summed E-state index contributed by atoms with van der Waals surface area (Å²) in [5, 5.41) is 0. The van der Waals surface area contributed by atoms with Gasteiger partial charge in [-0.1, -0.05) is 0 Å². The zero-order valence-corrected chi connectivity index (χ0v) is 9.47. The summed E-state index contributed by atoms with van der Waals surface area (Å²) in [6, 6.07) is 3.66. The molecule has 3 nitrogen and oxygen atoms in total. The summed E-state index contributed by atoms with van der Waals surface area (Å²) in [5.74, 6) is -0.321. The molecule has 0 aromatic heterocycles. The molecule has 1 rings (SSSR count). The number of hydrogen-bond acceptors (Lipinski definition) is 3. The van der Waals surface area contributed by atoms with Crippen molar-refractivity contribution in [2.75, 3.05) is 25.6 Å². The first kappa shape index (κ1) is 14.6. The Kier molecular flexibility index (Phi) is 5.21. The number of hydrogen-bond donors (Lipinski definition) is 1. The van der Waals surface area contributed by atoms with Gasteiger partial charge in [-0.3, -0.25) is 0 Å². The molecule has 0 aliphatic heterocycles. The molecule has 1 aromatic carbocycles. The summed E-state index contributed by atoms with van der Waals surface area (Å²) in [7, 11) is 0. The molecule has 0 radical (unpaired) electrons. The normalized spacial score (nSPS) is 11.6. The third-order valence-electron chi connectivity index (χ3n) is 1.93. The molecule has 7 heteroatoms. The molecular formula is C11H13F4NO2. The molecular weight excluding hydrogens is 254 g/mol. The van der Waals surface area contributed by atoms with Gasteiger partial charge < -0.3 is 15.2 Å². The van der Waals surface area contributed by atoms with Gasteiger partial charge in [-0.25, -0.2) is 4.39 Å². The molecule has 0 aliphatic carbocycles. The van der Waals surface area contributed by atoms with E-state index < -0.39 is 18.6 Å². The fraction of sp³-hybridized carbons (Fsp3) is 0.455. The van der Waals surface area contributed by atoms with E-state index in [1.54, 1.807) is 0 Å². The van der Waals surface area contributed by atoms with Crippen LogP contribution in [0.2, 0.25) is 0 Å². The lowest BCUT2D eigenvalue weighted by Crippen LogP contribution is -2.18. The Labute approximate surface area is 101 Å². The zero-order valence-electron chi connectivity index (χ0n) is 9.47. The van der Waals surface area contributed by atoms with Crippen molar-refractivity contribution in [2.45, 2.75) is 12.6 Å². The zero-order chi connectivity index (χ0) is 13.6. The first-order chi connectivity index (χ1) is 8.38. The van der Waals surface area contributed by atoms with Crippen LogP contribution in [0, 0.1) is 5.82 Å². The van der Waals surface area contributed by atoms with Crippen molar-refractivity contribution >= 4 is 5.69 Å². The molecule has 0 atom stereocenters. The number of ether oxygens (including phenoxy) is 2. The van der Waals surface area contributed by atoms with Crippen molar-refractivity contribution in [3.8, 4) is 5.75 Å². The first-order valence-corrected chi connectivity index (χ1v) is 5.21. The second-order valence-corrected chi connectivity index (χ2v) is 3.55. The van der Waals surface area contributed by atoms with Crippen molar-refractivity contribution < 1.29 is 27.0 Å². The molecule has 2 N–H and O–H groups in total. The number of halogens is 4. The van der Waals surface area contributed by atoms with E-state index in [9.17, 15) is 17.6 Å². The molecule has 0 heterocycles. The van der Waals surface area contributed by atoms with Crippen LogP contribution in [-0.2, 0) is 4.74 Å². The highest BCUT2D eigenvalue weighted by molar-refractivity contribution is 5.52. The highest BCUT2D eigenvalue weighted by atomic mass is 19.4. The van der Waals surface area contributed by atoms with Crippen LogP contribution in [0.1, 0.15) is 6.42 Å². The van der Waals surface area contributed by atoms with Crippen molar-refractivity contribution in [2.24, 2.45) is 0 Å². The van der Waals surface area contributed by atoms with Crippen molar-refractivity contribution in [1.82, 2.24) is 0 Å². The summed E-state index contributed by atoms with van der Waals surface area (Å²) in [4.78, 5) is 0. The molecule has 0 aliphatic rings.